The summed E-state index contributed by atoms with van der Waals surface area (Å²) in [6, 6.07) is 3.88. The second kappa shape index (κ2) is 10.5. The number of benzene rings is 1. The fourth-order valence-electron chi connectivity index (χ4n) is 5.95. The molecule has 4 rings (SSSR count). The summed E-state index contributed by atoms with van der Waals surface area (Å²) in [5, 5.41) is 10.3. The van der Waals surface area contributed by atoms with E-state index in [4.69, 9.17) is 16.3 Å². The predicted octanol–water partition coefficient (Wildman–Crippen LogP) is 3.74. The standard InChI is InChI=1S/C26H30BrClN2O5S/c1-5-10-29(20-14(3)8-7-9-17(20)28)24(33)22-26-12-16(27)21(36-26)18(25(34)35-11-6-2)19(26)23(32)30(22)15(4)13-31/h5-9,15-16,18-19,21-22,31H,1-2,10-13H2,3-4H3/t15-,16?,18+,19+,21+,22?,26?/m1/s1. The minimum atomic E-state index is -0.903. The Bertz CT molecular complexity index is 1080. The Morgan fingerprint density at radius 1 is 1.42 bits per heavy atom. The quantitative estimate of drug-likeness (QED) is 0.265. The molecule has 3 heterocycles. The van der Waals surface area contributed by atoms with Gasteiger partial charge in [-0.2, -0.15) is 0 Å². The van der Waals surface area contributed by atoms with Crippen LogP contribution in [0.1, 0.15) is 18.9 Å². The number of carbonyl (C=O) groups is 3. The second-order valence-electron chi connectivity index (χ2n) is 9.50. The van der Waals surface area contributed by atoms with Crippen LogP contribution in [-0.2, 0) is 19.1 Å². The Hall–Kier alpha value is -1.81. The fraction of sp³-hybridized carbons (Fsp3) is 0.500. The van der Waals surface area contributed by atoms with Crippen LogP contribution >= 0.6 is 39.3 Å². The third kappa shape index (κ3) is 4.12. The molecule has 3 unspecified atom stereocenters. The maximum Gasteiger partial charge on any atom is 0.311 e. The van der Waals surface area contributed by atoms with E-state index >= 15 is 0 Å². The summed E-state index contributed by atoms with van der Waals surface area (Å²) in [6.45, 7) is 10.9. The Morgan fingerprint density at radius 2 is 2.14 bits per heavy atom. The molecule has 36 heavy (non-hydrogen) atoms. The first-order valence-corrected chi connectivity index (χ1v) is 14.0. The van der Waals surface area contributed by atoms with E-state index in [0.29, 0.717) is 17.1 Å². The highest BCUT2D eigenvalue weighted by Crippen LogP contribution is 2.68. The van der Waals surface area contributed by atoms with Crippen molar-refractivity contribution in [1.82, 2.24) is 4.90 Å². The Labute approximate surface area is 229 Å². The SMILES string of the molecule is C=CCOC(=O)[C@H]1[C@H]2C(=O)N([C@H](C)CO)C(C(=O)N(CC=C)c3c(C)cccc3Cl)C23CC(Br)[C@@H]1S3. The zero-order chi connectivity index (χ0) is 26.4. The Morgan fingerprint density at radius 3 is 2.75 bits per heavy atom. The number of anilines is 1. The van der Waals surface area contributed by atoms with Crippen molar-refractivity contribution < 1.29 is 24.2 Å². The van der Waals surface area contributed by atoms with Gasteiger partial charge >= 0.3 is 5.97 Å². The number of carbonyl (C=O) groups excluding carboxylic acids is 3. The number of aliphatic hydroxyl groups is 1. The number of esters is 1. The summed E-state index contributed by atoms with van der Waals surface area (Å²) in [6.07, 6.45) is 3.63. The van der Waals surface area contributed by atoms with Gasteiger partial charge in [0.2, 0.25) is 5.91 Å². The molecule has 3 fully saturated rings. The van der Waals surface area contributed by atoms with E-state index in [1.54, 1.807) is 24.0 Å². The average Bonchev–Trinajstić information content (AvgIpc) is 3.44. The molecule has 0 aliphatic carbocycles. The highest BCUT2D eigenvalue weighted by atomic mass is 79.9. The fourth-order valence-corrected chi connectivity index (χ4v) is 9.85. The van der Waals surface area contributed by atoms with Crippen molar-refractivity contribution in [3.05, 3.63) is 54.1 Å². The second-order valence-corrected chi connectivity index (χ2v) is 12.6. The van der Waals surface area contributed by atoms with E-state index in [0.717, 1.165) is 5.56 Å². The smallest absolute Gasteiger partial charge is 0.311 e. The van der Waals surface area contributed by atoms with Gasteiger partial charge in [-0.1, -0.05) is 58.4 Å². The lowest BCUT2D eigenvalue weighted by atomic mass is 9.71. The number of amides is 2. The van der Waals surface area contributed by atoms with Crippen molar-refractivity contribution in [3.8, 4) is 0 Å². The highest BCUT2D eigenvalue weighted by molar-refractivity contribution is 9.09. The van der Waals surface area contributed by atoms with Gasteiger partial charge in [0.05, 0.1) is 39.9 Å². The number of aliphatic hydroxyl groups excluding tert-OH is 1. The van der Waals surface area contributed by atoms with Crippen LogP contribution in [0.2, 0.25) is 5.02 Å². The van der Waals surface area contributed by atoms with Crippen LogP contribution in [0.5, 0.6) is 0 Å². The molecule has 10 heteroatoms. The van der Waals surface area contributed by atoms with Crippen LogP contribution in [0.15, 0.2) is 43.5 Å². The molecule has 0 radical (unpaired) electrons. The Balaban J connectivity index is 1.84. The van der Waals surface area contributed by atoms with Crippen LogP contribution in [0.3, 0.4) is 0 Å². The van der Waals surface area contributed by atoms with Crippen molar-refractivity contribution in [3.63, 3.8) is 0 Å². The lowest BCUT2D eigenvalue weighted by molar-refractivity contribution is -0.153. The molecule has 3 aliphatic rings. The predicted molar refractivity (Wildman–Crippen MR) is 145 cm³/mol. The van der Waals surface area contributed by atoms with E-state index in [1.165, 1.54) is 22.7 Å². The minimum absolute atomic E-state index is 0.0472. The summed E-state index contributed by atoms with van der Waals surface area (Å²) in [5.74, 6) is -2.53. The number of alkyl halides is 1. The molecule has 194 valence electrons. The molecule has 1 N–H and O–H groups in total. The number of thioether (sulfide) groups is 1. The van der Waals surface area contributed by atoms with E-state index in [9.17, 15) is 19.5 Å². The number of ether oxygens (including phenoxy) is 1. The zero-order valence-corrected chi connectivity index (χ0v) is 23.4. The van der Waals surface area contributed by atoms with Crippen LogP contribution in [-0.4, -0.2) is 74.5 Å². The summed E-state index contributed by atoms with van der Waals surface area (Å²) in [5.41, 5.74) is 1.37. The van der Waals surface area contributed by atoms with Crippen molar-refractivity contribution in [2.45, 2.75) is 47.2 Å². The molecule has 0 aromatic heterocycles. The molecule has 1 aromatic rings. The van der Waals surface area contributed by atoms with Gasteiger partial charge < -0.3 is 19.6 Å². The molecule has 3 saturated heterocycles. The number of nitrogens with zero attached hydrogens (tertiary/aromatic N) is 2. The van der Waals surface area contributed by atoms with E-state index in [-0.39, 0.29) is 41.6 Å². The average molecular weight is 598 g/mol. The third-order valence-electron chi connectivity index (χ3n) is 7.35. The van der Waals surface area contributed by atoms with E-state index in [1.807, 2.05) is 19.1 Å². The van der Waals surface area contributed by atoms with Crippen LogP contribution in [0.25, 0.3) is 0 Å². The third-order valence-corrected chi connectivity index (χ3v) is 10.9. The van der Waals surface area contributed by atoms with Crippen molar-refractivity contribution in [2.75, 3.05) is 24.7 Å². The van der Waals surface area contributed by atoms with Crippen molar-refractivity contribution in [1.29, 1.82) is 0 Å². The number of rotatable bonds is 9. The molecule has 1 spiro atoms. The molecule has 1 aromatic carbocycles. The first kappa shape index (κ1) is 27.2. The number of hydrogen-bond donors (Lipinski definition) is 1. The minimum Gasteiger partial charge on any atom is -0.461 e. The summed E-state index contributed by atoms with van der Waals surface area (Å²) < 4.78 is 4.54. The van der Waals surface area contributed by atoms with Crippen LogP contribution < -0.4 is 4.90 Å². The van der Waals surface area contributed by atoms with Gasteiger partial charge in [-0.05, 0) is 31.9 Å². The van der Waals surface area contributed by atoms with E-state index < -0.39 is 34.6 Å². The highest BCUT2D eigenvalue weighted by Gasteiger charge is 2.76. The van der Waals surface area contributed by atoms with Crippen molar-refractivity contribution >= 4 is 62.8 Å². The van der Waals surface area contributed by atoms with E-state index in [2.05, 4.69) is 29.1 Å². The number of fused-ring (bicyclic) bond motifs is 1. The molecule has 7 atom stereocenters. The first-order chi connectivity index (χ1) is 17.1. The van der Waals surface area contributed by atoms with Crippen molar-refractivity contribution in [2.24, 2.45) is 11.8 Å². The van der Waals surface area contributed by atoms with Crippen LogP contribution in [0, 0.1) is 18.8 Å². The lowest BCUT2D eigenvalue weighted by Gasteiger charge is -2.39. The maximum absolute atomic E-state index is 14.5. The largest absolute Gasteiger partial charge is 0.461 e. The van der Waals surface area contributed by atoms with Crippen LogP contribution in [0.4, 0.5) is 5.69 Å². The van der Waals surface area contributed by atoms with Gasteiger partial charge in [-0.3, -0.25) is 14.4 Å². The first-order valence-electron chi connectivity index (χ1n) is 11.8. The molecular formula is C26H30BrClN2O5S. The number of aryl methyl sites for hydroxylation is 1. The number of likely N-dealkylation sites (tertiary alicyclic amines) is 1. The number of halogens is 2. The normalized spacial score (nSPS) is 31.2. The molecule has 0 saturated carbocycles. The van der Waals surface area contributed by atoms with Gasteiger partial charge in [0, 0.05) is 16.6 Å². The number of para-hydroxylation sites is 1. The number of hydrogen-bond acceptors (Lipinski definition) is 6. The maximum atomic E-state index is 14.5. The summed E-state index contributed by atoms with van der Waals surface area (Å²) >= 11 is 11.8. The van der Waals surface area contributed by atoms with Gasteiger partial charge in [0.1, 0.15) is 12.6 Å². The molecule has 7 nitrogen and oxygen atoms in total. The van der Waals surface area contributed by atoms with Gasteiger partial charge in [-0.25, -0.2) is 0 Å². The monoisotopic (exact) mass is 596 g/mol. The topological polar surface area (TPSA) is 87.1 Å². The summed E-state index contributed by atoms with van der Waals surface area (Å²) in [7, 11) is 0. The molecular weight excluding hydrogens is 568 g/mol. The molecule has 3 aliphatic heterocycles. The van der Waals surface area contributed by atoms with Gasteiger partial charge in [0.15, 0.2) is 0 Å². The Kier molecular flexibility index (Phi) is 7.95. The lowest BCUT2D eigenvalue weighted by Crippen LogP contribution is -2.57. The van der Waals surface area contributed by atoms with Gasteiger partial charge in [0.25, 0.3) is 5.91 Å². The zero-order valence-electron chi connectivity index (χ0n) is 20.2. The summed E-state index contributed by atoms with van der Waals surface area (Å²) in [4.78, 5) is 44.6. The molecule has 2 bridgehead atoms. The molecule has 2 amide bonds. The van der Waals surface area contributed by atoms with Gasteiger partial charge in [-0.15, -0.1) is 18.3 Å².